The molecule has 1 aromatic carbocycles. The summed E-state index contributed by atoms with van der Waals surface area (Å²) in [6.45, 7) is 4.75. The molecule has 100 valence electrons. The molecule has 0 bridgehead atoms. The molecule has 0 aromatic heterocycles. The molecule has 0 aliphatic heterocycles. The van der Waals surface area contributed by atoms with Crippen molar-refractivity contribution in [1.82, 2.24) is 4.72 Å². The first kappa shape index (κ1) is 13.4. The average Bonchev–Trinajstić information content (AvgIpc) is 3.08. The maximum absolute atomic E-state index is 12.0. The molecule has 1 saturated carbocycles. The number of sulfonamides is 1. The van der Waals surface area contributed by atoms with Gasteiger partial charge in [-0.15, -0.1) is 0 Å². The predicted molar refractivity (Wildman–Crippen MR) is 69.8 cm³/mol. The molecule has 0 atom stereocenters. The highest BCUT2D eigenvalue weighted by molar-refractivity contribution is 7.89. The largest absolute Gasteiger partial charge is 0.508 e. The monoisotopic (exact) mass is 269 g/mol. The van der Waals surface area contributed by atoms with Crippen LogP contribution < -0.4 is 4.72 Å². The average molecular weight is 269 g/mol. The first-order valence-electron chi connectivity index (χ1n) is 6.14. The number of phenolic OH excluding ortho intramolecular Hbond substituents is 1. The number of hydrogen-bond donors (Lipinski definition) is 2. The second kappa shape index (κ2) is 4.55. The Morgan fingerprint density at radius 1 is 1.28 bits per heavy atom. The van der Waals surface area contributed by atoms with Crippen molar-refractivity contribution in [2.75, 3.05) is 6.54 Å². The van der Waals surface area contributed by atoms with Gasteiger partial charge in [-0.05, 0) is 48.4 Å². The number of benzene rings is 1. The van der Waals surface area contributed by atoms with Crippen LogP contribution >= 0.6 is 0 Å². The molecule has 1 aliphatic rings. The van der Waals surface area contributed by atoms with Crippen LogP contribution in [0.25, 0.3) is 0 Å². The van der Waals surface area contributed by atoms with E-state index < -0.39 is 10.0 Å². The molecule has 1 aromatic rings. The molecule has 0 heterocycles. The maximum Gasteiger partial charge on any atom is 0.240 e. The van der Waals surface area contributed by atoms with E-state index in [4.69, 9.17) is 5.11 Å². The summed E-state index contributed by atoms with van der Waals surface area (Å²) in [4.78, 5) is 0.194. The lowest BCUT2D eigenvalue weighted by molar-refractivity contribution is 0.357. The van der Waals surface area contributed by atoms with Crippen LogP contribution in [0.15, 0.2) is 29.2 Å². The summed E-state index contributed by atoms with van der Waals surface area (Å²) in [7, 11) is -3.46. The molecule has 0 spiro atoms. The van der Waals surface area contributed by atoms with Crippen molar-refractivity contribution in [3.8, 4) is 5.75 Å². The van der Waals surface area contributed by atoms with E-state index in [0.29, 0.717) is 12.5 Å². The lowest BCUT2D eigenvalue weighted by atomic mass is 9.93. The van der Waals surface area contributed by atoms with Gasteiger partial charge in [0.2, 0.25) is 10.0 Å². The van der Waals surface area contributed by atoms with Gasteiger partial charge in [-0.2, -0.15) is 0 Å². The summed E-state index contributed by atoms with van der Waals surface area (Å²) in [5, 5.41) is 9.15. The standard InChI is InChI=1S/C13H19NO3S/c1-10(2)13(7-8-13)9-14-18(16,17)12-5-3-11(15)4-6-12/h3-6,10,14-15H,7-9H2,1-2H3. The van der Waals surface area contributed by atoms with Crippen molar-refractivity contribution >= 4 is 10.0 Å². The summed E-state index contributed by atoms with van der Waals surface area (Å²) in [5.74, 6) is 0.551. The SMILES string of the molecule is CC(C)C1(CNS(=O)(=O)c2ccc(O)cc2)CC1. The Hall–Kier alpha value is -1.07. The highest BCUT2D eigenvalue weighted by Gasteiger charge is 2.45. The van der Waals surface area contributed by atoms with Gasteiger partial charge in [-0.1, -0.05) is 13.8 Å². The second-order valence-corrected chi connectivity index (χ2v) is 7.10. The Morgan fingerprint density at radius 2 is 1.83 bits per heavy atom. The van der Waals surface area contributed by atoms with Gasteiger partial charge < -0.3 is 5.11 Å². The highest BCUT2D eigenvalue weighted by atomic mass is 32.2. The summed E-state index contributed by atoms with van der Waals surface area (Å²) in [6, 6.07) is 5.58. The third kappa shape index (κ3) is 2.67. The molecule has 4 nitrogen and oxygen atoms in total. The summed E-state index contributed by atoms with van der Waals surface area (Å²) in [6.07, 6.45) is 2.17. The van der Waals surface area contributed by atoms with Crippen molar-refractivity contribution in [3.05, 3.63) is 24.3 Å². The zero-order chi connectivity index (χ0) is 13.4. The Morgan fingerprint density at radius 3 is 2.28 bits per heavy atom. The summed E-state index contributed by atoms with van der Waals surface area (Å²) in [5.41, 5.74) is 0.143. The number of nitrogens with one attached hydrogen (secondary N) is 1. The molecule has 0 saturated heterocycles. The fourth-order valence-corrected chi connectivity index (χ4v) is 3.20. The van der Waals surface area contributed by atoms with Gasteiger partial charge >= 0.3 is 0 Å². The third-order valence-corrected chi connectivity index (χ3v) is 5.30. The highest BCUT2D eigenvalue weighted by Crippen LogP contribution is 2.51. The lowest BCUT2D eigenvalue weighted by Crippen LogP contribution is -2.32. The minimum absolute atomic E-state index is 0.0646. The molecule has 2 rings (SSSR count). The van der Waals surface area contributed by atoms with Gasteiger partial charge in [-0.3, -0.25) is 0 Å². The van der Waals surface area contributed by atoms with E-state index in [9.17, 15) is 8.42 Å². The molecule has 2 N–H and O–H groups in total. The molecule has 18 heavy (non-hydrogen) atoms. The van der Waals surface area contributed by atoms with E-state index in [1.165, 1.54) is 24.3 Å². The van der Waals surface area contributed by atoms with E-state index in [-0.39, 0.29) is 16.1 Å². The van der Waals surface area contributed by atoms with Gasteiger partial charge in [0, 0.05) is 6.54 Å². The molecular weight excluding hydrogens is 250 g/mol. The maximum atomic E-state index is 12.0. The number of phenols is 1. The summed E-state index contributed by atoms with van der Waals surface area (Å²) >= 11 is 0. The van der Waals surface area contributed by atoms with E-state index >= 15 is 0 Å². The predicted octanol–water partition coefficient (Wildman–Crippen LogP) is 2.11. The smallest absolute Gasteiger partial charge is 0.240 e. The van der Waals surface area contributed by atoms with Gasteiger partial charge in [-0.25, -0.2) is 13.1 Å². The number of aromatic hydroxyl groups is 1. The van der Waals surface area contributed by atoms with Crippen molar-refractivity contribution < 1.29 is 13.5 Å². The zero-order valence-electron chi connectivity index (χ0n) is 10.7. The van der Waals surface area contributed by atoms with E-state index in [0.717, 1.165) is 12.8 Å². The van der Waals surface area contributed by atoms with Gasteiger partial charge in [0.1, 0.15) is 5.75 Å². The fraction of sp³-hybridized carbons (Fsp3) is 0.538. The van der Waals surface area contributed by atoms with Crippen LogP contribution in [0, 0.1) is 11.3 Å². The van der Waals surface area contributed by atoms with Gasteiger partial charge in [0.05, 0.1) is 4.90 Å². The minimum atomic E-state index is -3.46. The van der Waals surface area contributed by atoms with Crippen LogP contribution in [-0.4, -0.2) is 20.1 Å². The number of hydrogen-bond acceptors (Lipinski definition) is 3. The van der Waals surface area contributed by atoms with Crippen LogP contribution in [0.5, 0.6) is 5.75 Å². The number of rotatable bonds is 5. The molecule has 0 unspecified atom stereocenters. The Labute approximate surface area is 108 Å². The third-order valence-electron chi connectivity index (χ3n) is 3.88. The van der Waals surface area contributed by atoms with E-state index in [1.54, 1.807) is 0 Å². The zero-order valence-corrected chi connectivity index (χ0v) is 11.5. The lowest BCUT2D eigenvalue weighted by Gasteiger charge is -2.20. The van der Waals surface area contributed by atoms with Crippen LogP contribution in [0.1, 0.15) is 26.7 Å². The molecule has 1 aliphatic carbocycles. The van der Waals surface area contributed by atoms with Crippen LogP contribution in [0.3, 0.4) is 0 Å². The normalized spacial score (nSPS) is 17.9. The van der Waals surface area contributed by atoms with Crippen LogP contribution in [0.4, 0.5) is 0 Å². The van der Waals surface area contributed by atoms with Crippen LogP contribution in [-0.2, 0) is 10.0 Å². The quantitative estimate of drug-likeness (QED) is 0.860. The Bertz CT molecular complexity index is 516. The van der Waals surface area contributed by atoms with Gasteiger partial charge in [0.25, 0.3) is 0 Å². The minimum Gasteiger partial charge on any atom is -0.508 e. The molecule has 5 heteroatoms. The van der Waals surface area contributed by atoms with Crippen molar-refractivity contribution in [2.45, 2.75) is 31.6 Å². The van der Waals surface area contributed by atoms with Crippen molar-refractivity contribution in [1.29, 1.82) is 0 Å². The second-order valence-electron chi connectivity index (χ2n) is 5.34. The topological polar surface area (TPSA) is 66.4 Å². The molecule has 1 fully saturated rings. The van der Waals surface area contributed by atoms with E-state index in [2.05, 4.69) is 18.6 Å². The first-order valence-corrected chi connectivity index (χ1v) is 7.63. The first-order chi connectivity index (χ1) is 8.36. The molecule has 0 amide bonds. The van der Waals surface area contributed by atoms with E-state index in [1.807, 2.05) is 0 Å². The van der Waals surface area contributed by atoms with Gasteiger partial charge in [0.15, 0.2) is 0 Å². The van der Waals surface area contributed by atoms with Crippen molar-refractivity contribution in [2.24, 2.45) is 11.3 Å². The molecule has 0 radical (unpaired) electrons. The Balaban J connectivity index is 2.06. The molecular formula is C13H19NO3S. The van der Waals surface area contributed by atoms with Crippen LogP contribution in [0.2, 0.25) is 0 Å². The summed E-state index contributed by atoms with van der Waals surface area (Å²) < 4.78 is 26.8. The Kier molecular flexibility index (Phi) is 3.38. The fourth-order valence-electron chi connectivity index (χ4n) is 2.07. The van der Waals surface area contributed by atoms with Crippen molar-refractivity contribution in [3.63, 3.8) is 0 Å².